The second kappa shape index (κ2) is 8.62. The van der Waals surface area contributed by atoms with Crippen LogP contribution in [0, 0.1) is 0 Å². The van der Waals surface area contributed by atoms with Crippen molar-refractivity contribution >= 4 is 52.4 Å². The van der Waals surface area contributed by atoms with Gasteiger partial charge in [-0.15, -0.1) is 0 Å². The zero-order valence-electron chi connectivity index (χ0n) is 14.1. The van der Waals surface area contributed by atoms with Crippen LogP contribution in [0.15, 0.2) is 36.4 Å². The van der Waals surface area contributed by atoms with Crippen LogP contribution in [0.1, 0.15) is 35.8 Å². The Morgan fingerprint density at radius 2 is 1.73 bits per heavy atom. The van der Waals surface area contributed by atoms with E-state index in [-0.39, 0.29) is 17.3 Å². The third kappa shape index (κ3) is 5.04. The lowest BCUT2D eigenvalue weighted by Crippen LogP contribution is -2.37. The van der Waals surface area contributed by atoms with Crippen molar-refractivity contribution < 1.29 is 14.3 Å². The minimum absolute atomic E-state index is 0.209. The van der Waals surface area contributed by atoms with Gasteiger partial charge in [0.1, 0.15) is 0 Å². The number of nitrogen functional groups attached to an aromatic ring is 1. The van der Waals surface area contributed by atoms with Crippen molar-refractivity contribution in [2.75, 3.05) is 5.73 Å². The number of hydrogen-bond acceptors (Lipinski definition) is 4. The smallest absolute Gasteiger partial charge is 0.338 e. The van der Waals surface area contributed by atoms with Crippen molar-refractivity contribution in [1.82, 2.24) is 5.32 Å². The Kier molecular flexibility index (Phi) is 6.75. The molecule has 2 aromatic carbocycles. The molecule has 0 unspecified atom stereocenters. The fourth-order valence-corrected chi connectivity index (χ4v) is 2.90. The van der Waals surface area contributed by atoms with Crippen molar-refractivity contribution in [1.29, 1.82) is 0 Å². The molecule has 26 heavy (non-hydrogen) atoms. The van der Waals surface area contributed by atoms with Crippen LogP contribution in [-0.4, -0.2) is 18.0 Å². The summed E-state index contributed by atoms with van der Waals surface area (Å²) in [6.45, 7) is 3.24. The summed E-state index contributed by atoms with van der Waals surface area (Å²) in [7, 11) is 0. The summed E-state index contributed by atoms with van der Waals surface area (Å²) in [5.41, 5.74) is 6.83. The summed E-state index contributed by atoms with van der Waals surface area (Å²) >= 11 is 17.8. The van der Waals surface area contributed by atoms with E-state index in [0.29, 0.717) is 20.6 Å². The molecule has 0 aliphatic heterocycles. The van der Waals surface area contributed by atoms with Crippen LogP contribution in [0.3, 0.4) is 0 Å². The Hall–Kier alpha value is -1.95. The third-order valence-electron chi connectivity index (χ3n) is 3.67. The van der Waals surface area contributed by atoms with Crippen LogP contribution in [0.2, 0.25) is 15.1 Å². The van der Waals surface area contributed by atoms with Crippen molar-refractivity contribution in [2.24, 2.45) is 0 Å². The molecule has 0 spiro atoms. The Morgan fingerprint density at radius 3 is 2.35 bits per heavy atom. The van der Waals surface area contributed by atoms with Crippen LogP contribution in [-0.2, 0) is 9.53 Å². The van der Waals surface area contributed by atoms with E-state index in [1.54, 1.807) is 25.1 Å². The summed E-state index contributed by atoms with van der Waals surface area (Å²) in [6, 6.07) is 8.97. The van der Waals surface area contributed by atoms with Crippen LogP contribution < -0.4 is 11.1 Å². The van der Waals surface area contributed by atoms with E-state index >= 15 is 0 Å². The number of amides is 1. The van der Waals surface area contributed by atoms with Gasteiger partial charge in [0.25, 0.3) is 5.91 Å². The molecule has 1 amide bonds. The Labute approximate surface area is 166 Å². The number of ether oxygens (including phenoxy) is 1. The molecule has 3 N–H and O–H groups in total. The Bertz CT molecular complexity index is 842. The number of carbonyl (C=O) groups excluding carboxylic acids is 2. The molecule has 2 aromatic rings. The van der Waals surface area contributed by atoms with Gasteiger partial charge in [0.15, 0.2) is 6.10 Å². The molecule has 2 atom stereocenters. The summed E-state index contributed by atoms with van der Waals surface area (Å²) in [5.74, 6) is -1.13. The van der Waals surface area contributed by atoms with Gasteiger partial charge in [0.2, 0.25) is 0 Å². The lowest BCUT2D eigenvalue weighted by molar-refractivity contribution is -0.129. The number of benzene rings is 2. The highest BCUT2D eigenvalue weighted by atomic mass is 35.5. The van der Waals surface area contributed by atoms with E-state index in [9.17, 15) is 9.59 Å². The largest absolute Gasteiger partial charge is 0.449 e. The van der Waals surface area contributed by atoms with E-state index in [4.69, 9.17) is 45.3 Å². The normalized spacial score (nSPS) is 13.0. The number of nitrogens with one attached hydrogen (secondary N) is 1. The van der Waals surface area contributed by atoms with Crippen LogP contribution in [0.4, 0.5) is 5.69 Å². The monoisotopic (exact) mass is 414 g/mol. The molecule has 138 valence electrons. The first kappa shape index (κ1) is 20.4. The predicted octanol–water partition coefficient (Wildman–Crippen LogP) is 4.65. The minimum atomic E-state index is -1.01. The maximum Gasteiger partial charge on any atom is 0.338 e. The summed E-state index contributed by atoms with van der Waals surface area (Å²) in [6.07, 6.45) is -1.01. The first-order valence-electron chi connectivity index (χ1n) is 7.70. The highest BCUT2D eigenvalue weighted by Crippen LogP contribution is 2.26. The molecule has 0 saturated carbocycles. The molecule has 0 aliphatic carbocycles. The van der Waals surface area contributed by atoms with Crippen molar-refractivity contribution in [2.45, 2.75) is 26.0 Å². The number of rotatable bonds is 5. The van der Waals surface area contributed by atoms with E-state index in [0.717, 1.165) is 0 Å². The predicted molar refractivity (Wildman–Crippen MR) is 104 cm³/mol. The topological polar surface area (TPSA) is 81.4 Å². The van der Waals surface area contributed by atoms with Gasteiger partial charge in [0, 0.05) is 10.0 Å². The average Bonchev–Trinajstić information content (AvgIpc) is 2.56. The molecule has 0 saturated heterocycles. The van der Waals surface area contributed by atoms with Crippen LogP contribution >= 0.6 is 34.8 Å². The molecular weight excluding hydrogens is 399 g/mol. The first-order chi connectivity index (χ1) is 12.2. The number of nitrogens with two attached hydrogens (primary N) is 1. The van der Waals surface area contributed by atoms with Crippen molar-refractivity contribution in [3.63, 3.8) is 0 Å². The van der Waals surface area contributed by atoms with Crippen molar-refractivity contribution in [3.8, 4) is 0 Å². The summed E-state index contributed by atoms with van der Waals surface area (Å²) in [4.78, 5) is 24.4. The van der Waals surface area contributed by atoms with Gasteiger partial charge in [-0.25, -0.2) is 4.79 Å². The molecule has 0 radical (unpaired) electrons. The minimum Gasteiger partial charge on any atom is -0.449 e. The third-order valence-corrected chi connectivity index (χ3v) is 4.58. The van der Waals surface area contributed by atoms with Gasteiger partial charge in [-0.1, -0.05) is 40.9 Å². The number of carbonyl (C=O) groups is 2. The summed E-state index contributed by atoms with van der Waals surface area (Å²) < 4.78 is 5.18. The number of halogens is 3. The van der Waals surface area contributed by atoms with Gasteiger partial charge in [-0.05, 0) is 49.7 Å². The molecule has 2 rings (SSSR count). The first-order valence-corrected chi connectivity index (χ1v) is 8.83. The summed E-state index contributed by atoms with van der Waals surface area (Å²) in [5, 5.41) is 4.02. The zero-order chi connectivity index (χ0) is 19.4. The molecule has 0 aliphatic rings. The highest BCUT2D eigenvalue weighted by Gasteiger charge is 2.22. The Morgan fingerprint density at radius 1 is 1.04 bits per heavy atom. The molecule has 5 nitrogen and oxygen atoms in total. The number of anilines is 1. The highest BCUT2D eigenvalue weighted by molar-refractivity contribution is 6.35. The molecular formula is C18H17Cl3N2O3. The molecule has 0 aromatic heterocycles. The molecule has 8 heteroatoms. The van der Waals surface area contributed by atoms with Gasteiger partial charge in [0.05, 0.1) is 22.3 Å². The quantitative estimate of drug-likeness (QED) is 0.550. The van der Waals surface area contributed by atoms with Crippen molar-refractivity contribution in [3.05, 3.63) is 62.6 Å². The van der Waals surface area contributed by atoms with E-state index in [1.165, 1.54) is 25.1 Å². The lowest BCUT2D eigenvalue weighted by atomic mass is 10.1. The zero-order valence-corrected chi connectivity index (χ0v) is 16.3. The Balaban J connectivity index is 2.00. The standard InChI is InChI=1S/C18H17Cl3N2O3/c1-9(13-5-4-12(19)8-15(13)21)23-17(24)10(2)26-18(25)11-3-6-14(20)16(22)7-11/h3-10H,22H2,1-2H3,(H,23,24)/t9-,10-/m0/s1. The van der Waals surface area contributed by atoms with Gasteiger partial charge in [-0.3, -0.25) is 4.79 Å². The van der Waals surface area contributed by atoms with Crippen LogP contribution in [0.5, 0.6) is 0 Å². The fourth-order valence-electron chi connectivity index (χ4n) is 2.21. The maximum atomic E-state index is 12.3. The second-order valence-corrected chi connectivity index (χ2v) is 6.93. The average molecular weight is 416 g/mol. The van der Waals surface area contributed by atoms with E-state index in [2.05, 4.69) is 5.32 Å². The SMILES string of the molecule is C[C@H](OC(=O)c1ccc(Cl)c(N)c1)C(=O)N[C@@H](C)c1ccc(Cl)cc1Cl. The number of hydrogen-bond donors (Lipinski definition) is 2. The molecule has 0 bridgehead atoms. The van der Waals surface area contributed by atoms with Gasteiger partial charge < -0.3 is 15.8 Å². The second-order valence-electron chi connectivity index (χ2n) is 5.68. The molecule has 0 fully saturated rings. The van der Waals surface area contributed by atoms with E-state index in [1.807, 2.05) is 0 Å². The fraction of sp³-hybridized carbons (Fsp3) is 0.222. The maximum absolute atomic E-state index is 12.3. The number of esters is 1. The lowest BCUT2D eigenvalue weighted by Gasteiger charge is -2.19. The van der Waals surface area contributed by atoms with E-state index < -0.39 is 18.0 Å². The molecule has 0 heterocycles. The van der Waals surface area contributed by atoms with Gasteiger partial charge in [-0.2, -0.15) is 0 Å². The van der Waals surface area contributed by atoms with Crippen LogP contribution in [0.25, 0.3) is 0 Å². The van der Waals surface area contributed by atoms with Gasteiger partial charge >= 0.3 is 5.97 Å².